The Kier molecular flexibility index (Phi) is 5.74. The average Bonchev–Trinajstić information content (AvgIpc) is 2.81. The van der Waals surface area contributed by atoms with Crippen molar-refractivity contribution in [3.63, 3.8) is 0 Å². The summed E-state index contributed by atoms with van der Waals surface area (Å²) in [4.78, 5) is 36.4. The summed E-state index contributed by atoms with van der Waals surface area (Å²) >= 11 is 6.85. The molecule has 0 aliphatic carbocycles. The van der Waals surface area contributed by atoms with Gasteiger partial charge >= 0.3 is 5.97 Å². The van der Waals surface area contributed by atoms with Crippen molar-refractivity contribution >= 4 is 46.6 Å². The molecule has 9 heteroatoms. The highest BCUT2D eigenvalue weighted by atomic mass is 35.5. The monoisotopic (exact) mass is 371 g/mol. The van der Waals surface area contributed by atoms with Gasteiger partial charge in [0.05, 0.1) is 31.3 Å². The van der Waals surface area contributed by atoms with Gasteiger partial charge in [0, 0.05) is 0 Å². The van der Waals surface area contributed by atoms with Gasteiger partial charge in [0.1, 0.15) is 6.54 Å². The number of halogens is 1. The molecule has 0 aromatic heterocycles. The van der Waals surface area contributed by atoms with Gasteiger partial charge in [-0.2, -0.15) is 0 Å². The van der Waals surface area contributed by atoms with E-state index in [9.17, 15) is 14.4 Å². The zero-order valence-corrected chi connectivity index (χ0v) is 14.7. The van der Waals surface area contributed by atoms with Crippen molar-refractivity contribution in [1.29, 1.82) is 0 Å². The molecule has 2 amide bonds. The third kappa shape index (κ3) is 3.65. The maximum Gasteiger partial charge on any atom is 0.325 e. The molecule has 0 bridgehead atoms. The topological polar surface area (TPSA) is 82.1 Å². The summed E-state index contributed by atoms with van der Waals surface area (Å²) in [6.45, 7) is -0.425. The van der Waals surface area contributed by atoms with E-state index in [-0.39, 0.29) is 4.91 Å². The van der Waals surface area contributed by atoms with Crippen molar-refractivity contribution in [3.8, 4) is 11.5 Å². The number of nitrogens with zero attached hydrogens (tertiary/aromatic N) is 1. The molecule has 24 heavy (non-hydrogen) atoms. The smallest absolute Gasteiger partial charge is 0.325 e. The predicted molar refractivity (Wildman–Crippen MR) is 89.2 cm³/mol. The highest BCUT2D eigenvalue weighted by molar-refractivity contribution is 8.18. The molecule has 1 aliphatic heterocycles. The third-order valence-electron chi connectivity index (χ3n) is 3.14. The van der Waals surface area contributed by atoms with Gasteiger partial charge in [0.2, 0.25) is 0 Å². The van der Waals surface area contributed by atoms with Crippen LogP contribution in [0.5, 0.6) is 11.5 Å². The number of carbonyl (C=O) groups excluding carboxylic acids is 3. The van der Waals surface area contributed by atoms with Gasteiger partial charge in [-0.15, -0.1) is 0 Å². The number of ether oxygens (including phenoxy) is 3. The molecule has 1 aromatic rings. The molecule has 0 unspecified atom stereocenters. The number of amides is 2. The van der Waals surface area contributed by atoms with Crippen LogP contribution in [0.25, 0.3) is 6.08 Å². The number of rotatable bonds is 5. The van der Waals surface area contributed by atoms with Crippen LogP contribution in [0, 0.1) is 0 Å². The molecule has 128 valence electrons. The number of carbonyl (C=O) groups is 3. The van der Waals surface area contributed by atoms with Gasteiger partial charge < -0.3 is 14.2 Å². The van der Waals surface area contributed by atoms with E-state index < -0.39 is 23.7 Å². The minimum Gasteiger partial charge on any atom is -0.493 e. The van der Waals surface area contributed by atoms with E-state index in [1.54, 1.807) is 12.1 Å². The van der Waals surface area contributed by atoms with Gasteiger partial charge in [0.15, 0.2) is 11.5 Å². The maximum atomic E-state index is 12.3. The summed E-state index contributed by atoms with van der Waals surface area (Å²) in [6, 6.07) is 3.20. The zero-order valence-electron chi connectivity index (χ0n) is 13.1. The number of hydrogen-bond acceptors (Lipinski definition) is 7. The fourth-order valence-electron chi connectivity index (χ4n) is 2.00. The van der Waals surface area contributed by atoms with Crippen LogP contribution in [-0.4, -0.2) is 49.9 Å². The van der Waals surface area contributed by atoms with Crippen LogP contribution in [0.2, 0.25) is 5.02 Å². The van der Waals surface area contributed by atoms with E-state index >= 15 is 0 Å². The van der Waals surface area contributed by atoms with E-state index in [2.05, 4.69) is 4.74 Å². The fourth-order valence-corrected chi connectivity index (χ4v) is 3.14. The van der Waals surface area contributed by atoms with Crippen LogP contribution in [0.3, 0.4) is 0 Å². The summed E-state index contributed by atoms with van der Waals surface area (Å²) in [7, 11) is 4.10. The lowest BCUT2D eigenvalue weighted by atomic mass is 10.2. The molecule has 0 N–H and O–H groups in total. The van der Waals surface area contributed by atoms with Crippen molar-refractivity contribution in [3.05, 3.63) is 27.6 Å². The summed E-state index contributed by atoms with van der Waals surface area (Å²) in [6.07, 6.45) is 1.50. The van der Waals surface area contributed by atoms with E-state index in [0.29, 0.717) is 22.1 Å². The zero-order chi connectivity index (χ0) is 17.9. The lowest BCUT2D eigenvalue weighted by Crippen LogP contribution is -2.34. The molecule has 1 aliphatic rings. The van der Waals surface area contributed by atoms with Crippen molar-refractivity contribution < 1.29 is 28.6 Å². The lowest BCUT2D eigenvalue weighted by molar-refractivity contribution is -0.143. The molecule has 1 aromatic carbocycles. The SMILES string of the molecule is COC(=O)CN1C(=O)S/C(=C\c2cc(Cl)c(OC)c(OC)c2)C1=O. The average molecular weight is 372 g/mol. The number of imide groups is 1. The molecule has 7 nitrogen and oxygen atoms in total. The van der Waals surface area contributed by atoms with Gasteiger partial charge in [-0.3, -0.25) is 19.3 Å². The first-order chi connectivity index (χ1) is 11.4. The first-order valence-corrected chi connectivity index (χ1v) is 7.84. The normalized spacial score (nSPS) is 15.8. The molecule has 0 spiro atoms. The van der Waals surface area contributed by atoms with Crippen LogP contribution in [0.15, 0.2) is 17.0 Å². The van der Waals surface area contributed by atoms with Crippen molar-refractivity contribution in [2.75, 3.05) is 27.9 Å². The molecule has 0 saturated carbocycles. The molecular weight excluding hydrogens is 358 g/mol. The second kappa shape index (κ2) is 7.59. The number of hydrogen-bond donors (Lipinski definition) is 0. The van der Waals surface area contributed by atoms with Gasteiger partial charge in [-0.05, 0) is 35.5 Å². The highest BCUT2D eigenvalue weighted by Gasteiger charge is 2.36. The summed E-state index contributed by atoms with van der Waals surface area (Å²) < 4.78 is 14.8. The summed E-state index contributed by atoms with van der Waals surface area (Å²) in [5.41, 5.74) is 0.557. The van der Waals surface area contributed by atoms with E-state index in [1.807, 2.05) is 0 Å². The van der Waals surface area contributed by atoms with Crippen LogP contribution in [0.4, 0.5) is 4.79 Å². The number of thioether (sulfide) groups is 1. The first-order valence-electron chi connectivity index (χ1n) is 6.65. The van der Waals surface area contributed by atoms with Crippen molar-refractivity contribution in [2.45, 2.75) is 0 Å². The lowest BCUT2D eigenvalue weighted by Gasteiger charge is -2.11. The third-order valence-corrected chi connectivity index (χ3v) is 4.33. The highest BCUT2D eigenvalue weighted by Crippen LogP contribution is 2.38. The van der Waals surface area contributed by atoms with Crippen LogP contribution in [0.1, 0.15) is 5.56 Å². The van der Waals surface area contributed by atoms with Crippen LogP contribution >= 0.6 is 23.4 Å². The van der Waals surface area contributed by atoms with Crippen LogP contribution in [-0.2, 0) is 14.3 Å². The Hall–Kier alpha value is -2.19. The minimum atomic E-state index is -0.673. The summed E-state index contributed by atoms with van der Waals surface area (Å²) in [5.74, 6) is -0.478. The first kappa shape index (κ1) is 18.2. The van der Waals surface area contributed by atoms with Crippen LogP contribution < -0.4 is 9.47 Å². The second-order valence-electron chi connectivity index (χ2n) is 4.58. The second-order valence-corrected chi connectivity index (χ2v) is 5.98. The van der Waals surface area contributed by atoms with E-state index in [1.165, 1.54) is 27.4 Å². The number of methoxy groups -OCH3 is 3. The fraction of sp³-hybridized carbons (Fsp3) is 0.267. The molecule has 1 heterocycles. The standard InChI is InChI=1S/C15H14ClNO6S/c1-21-10-5-8(4-9(16)13(10)23-3)6-11-14(19)17(15(20)24-11)7-12(18)22-2/h4-6H,7H2,1-3H3/b11-6-. The largest absolute Gasteiger partial charge is 0.493 e. The molecule has 0 radical (unpaired) electrons. The Bertz CT molecular complexity index is 733. The summed E-state index contributed by atoms with van der Waals surface area (Å²) in [5, 5.41) is -0.236. The molecule has 2 rings (SSSR count). The predicted octanol–water partition coefficient (Wildman–Crippen LogP) is 2.57. The van der Waals surface area contributed by atoms with Gasteiger partial charge in [-0.1, -0.05) is 11.6 Å². The number of benzene rings is 1. The van der Waals surface area contributed by atoms with E-state index in [4.69, 9.17) is 21.1 Å². The van der Waals surface area contributed by atoms with Crippen molar-refractivity contribution in [2.24, 2.45) is 0 Å². The van der Waals surface area contributed by atoms with Gasteiger partial charge in [0.25, 0.3) is 11.1 Å². The molecule has 1 fully saturated rings. The Balaban J connectivity index is 2.32. The Labute approximate surface area is 147 Å². The molecular formula is C15H14ClNO6S. The quantitative estimate of drug-likeness (QED) is 0.581. The molecule has 0 atom stereocenters. The van der Waals surface area contributed by atoms with Crippen molar-refractivity contribution in [1.82, 2.24) is 4.90 Å². The Morgan fingerprint density at radius 1 is 1.25 bits per heavy atom. The number of esters is 1. The maximum absolute atomic E-state index is 12.3. The molecule has 1 saturated heterocycles. The Morgan fingerprint density at radius 3 is 2.54 bits per heavy atom. The minimum absolute atomic E-state index is 0.173. The van der Waals surface area contributed by atoms with E-state index in [0.717, 1.165) is 16.7 Å². The van der Waals surface area contributed by atoms with Gasteiger partial charge in [-0.25, -0.2) is 0 Å². The Morgan fingerprint density at radius 2 is 1.96 bits per heavy atom.